The molecule has 0 spiro atoms. The van der Waals surface area contributed by atoms with Crippen LogP contribution in [0.15, 0.2) is 66.9 Å². The molecule has 1 N–H and O–H groups in total. The molecule has 3 aromatic rings. The molecule has 2 atom stereocenters. The summed E-state index contributed by atoms with van der Waals surface area (Å²) < 4.78 is 5.74. The maximum atomic E-state index is 13.5. The second kappa shape index (κ2) is 11.1. The highest BCUT2D eigenvalue weighted by atomic mass is 16.5. The van der Waals surface area contributed by atoms with Crippen molar-refractivity contribution in [3.8, 4) is 5.75 Å². The van der Waals surface area contributed by atoms with Gasteiger partial charge in [-0.2, -0.15) is 0 Å². The van der Waals surface area contributed by atoms with Gasteiger partial charge in [0.1, 0.15) is 5.75 Å². The van der Waals surface area contributed by atoms with Gasteiger partial charge in [0.15, 0.2) is 0 Å². The Labute approximate surface area is 218 Å². The summed E-state index contributed by atoms with van der Waals surface area (Å²) in [5.41, 5.74) is 4.99. The van der Waals surface area contributed by atoms with Crippen LogP contribution in [0.1, 0.15) is 47.7 Å². The first kappa shape index (κ1) is 25.0. The first-order valence-electron chi connectivity index (χ1n) is 13.0. The molecule has 0 radical (unpaired) electrons. The molecule has 3 heterocycles. The number of likely N-dealkylation sites (tertiary alicyclic amines) is 1. The van der Waals surface area contributed by atoms with Crippen molar-refractivity contribution in [3.05, 3.63) is 89.2 Å². The normalized spacial score (nSPS) is 19.5. The molecule has 0 bridgehead atoms. The summed E-state index contributed by atoms with van der Waals surface area (Å²) in [6, 6.07) is 20.1. The smallest absolute Gasteiger partial charge is 0.229 e. The molecule has 7 heteroatoms. The van der Waals surface area contributed by atoms with Crippen molar-refractivity contribution < 1.29 is 14.3 Å². The number of carbonyl (C=O) groups excluding carboxylic acids is 2. The molecule has 2 aliphatic heterocycles. The predicted molar refractivity (Wildman–Crippen MR) is 143 cm³/mol. The molecule has 2 aromatic carbocycles. The Hall–Kier alpha value is -3.71. The van der Waals surface area contributed by atoms with E-state index in [1.165, 1.54) is 0 Å². The number of amides is 2. The highest BCUT2D eigenvalue weighted by Gasteiger charge is 2.35. The number of hydrogen-bond acceptors (Lipinski definition) is 5. The van der Waals surface area contributed by atoms with E-state index < -0.39 is 0 Å². The molecule has 7 nitrogen and oxygen atoms in total. The van der Waals surface area contributed by atoms with E-state index in [4.69, 9.17) is 4.74 Å². The summed E-state index contributed by atoms with van der Waals surface area (Å²) in [5, 5.41) is 3.75. The summed E-state index contributed by atoms with van der Waals surface area (Å²) >= 11 is 0. The molecule has 1 aromatic heterocycles. The quantitative estimate of drug-likeness (QED) is 0.532. The maximum Gasteiger partial charge on any atom is 0.229 e. The van der Waals surface area contributed by atoms with Crippen molar-refractivity contribution in [1.82, 2.24) is 15.2 Å². The van der Waals surface area contributed by atoms with E-state index in [2.05, 4.69) is 34.6 Å². The minimum Gasteiger partial charge on any atom is -0.496 e. The number of nitrogens with one attached hydrogen (secondary N) is 1. The number of rotatable bonds is 7. The first-order valence-corrected chi connectivity index (χ1v) is 13.0. The zero-order valence-corrected chi connectivity index (χ0v) is 21.5. The lowest BCUT2D eigenvalue weighted by atomic mass is 9.89. The van der Waals surface area contributed by atoms with Crippen LogP contribution >= 0.6 is 0 Å². The Balaban J connectivity index is 1.40. The van der Waals surface area contributed by atoms with Gasteiger partial charge in [0.25, 0.3) is 0 Å². The number of pyridine rings is 1. The topological polar surface area (TPSA) is 74.8 Å². The number of hydrogen-bond donors (Lipinski definition) is 1. The zero-order valence-electron chi connectivity index (χ0n) is 21.5. The number of aryl methyl sites for hydroxylation is 1. The summed E-state index contributed by atoms with van der Waals surface area (Å²) in [4.78, 5) is 33.9. The third-order valence-corrected chi connectivity index (χ3v) is 7.53. The van der Waals surface area contributed by atoms with Crippen LogP contribution in [0.2, 0.25) is 0 Å². The molecule has 2 aliphatic rings. The number of carbonyl (C=O) groups is 2. The lowest BCUT2D eigenvalue weighted by Gasteiger charge is -2.42. The maximum absolute atomic E-state index is 13.5. The highest BCUT2D eigenvalue weighted by Crippen LogP contribution is 2.35. The highest BCUT2D eigenvalue weighted by molar-refractivity contribution is 5.96. The Morgan fingerprint density at radius 3 is 2.68 bits per heavy atom. The van der Waals surface area contributed by atoms with Gasteiger partial charge >= 0.3 is 0 Å². The second-order valence-electron chi connectivity index (χ2n) is 9.82. The van der Waals surface area contributed by atoms with Crippen molar-refractivity contribution in [2.45, 2.75) is 50.7 Å². The lowest BCUT2D eigenvalue weighted by molar-refractivity contribution is -0.135. The van der Waals surface area contributed by atoms with Crippen LogP contribution in [0.5, 0.6) is 5.75 Å². The fourth-order valence-electron chi connectivity index (χ4n) is 5.59. The summed E-state index contributed by atoms with van der Waals surface area (Å²) in [6.07, 6.45) is 5.15. The van der Waals surface area contributed by atoms with Crippen molar-refractivity contribution in [2.24, 2.45) is 0 Å². The molecule has 2 amide bonds. The molecule has 0 aliphatic carbocycles. The van der Waals surface area contributed by atoms with E-state index in [1.54, 1.807) is 18.2 Å². The van der Waals surface area contributed by atoms with Gasteiger partial charge in [-0.25, -0.2) is 0 Å². The summed E-state index contributed by atoms with van der Waals surface area (Å²) in [6.45, 7) is 1.30. The molecule has 0 unspecified atom stereocenters. The van der Waals surface area contributed by atoms with Crippen LogP contribution in [0, 0.1) is 0 Å². The number of anilines is 1. The van der Waals surface area contributed by atoms with Crippen LogP contribution in [-0.4, -0.2) is 48.4 Å². The average molecular weight is 499 g/mol. The monoisotopic (exact) mass is 498 g/mol. The minimum absolute atomic E-state index is 0.0731. The van der Waals surface area contributed by atoms with Gasteiger partial charge in [-0.05, 0) is 54.7 Å². The fourth-order valence-corrected chi connectivity index (χ4v) is 5.59. The lowest BCUT2D eigenvalue weighted by Crippen LogP contribution is -2.50. The fraction of sp³-hybridized carbons (Fsp3) is 0.367. The van der Waals surface area contributed by atoms with E-state index in [-0.39, 0.29) is 30.3 Å². The Kier molecular flexibility index (Phi) is 7.51. The average Bonchev–Trinajstić information content (AvgIpc) is 2.94. The van der Waals surface area contributed by atoms with Crippen molar-refractivity contribution >= 4 is 17.5 Å². The summed E-state index contributed by atoms with van der Waals surface area (Å²) in [5.74, 6) is 1.05. The number of piperidine rings is 1. The number of aromatic nitrogens is 1. The first-order chi connectivity index (χ1) is 18.0. The molecular formula is C30H34N4O3. The van der Waals surface area contributed by atoms with Crippen LogP contribution in [0.4, 0.5) is 5.69 Å². The van der Waals surface area contributed by atoms with E-state index >= 15 is 0 Å². The molecule has 192 valence electrons. The van der Waals surface area contributed by atoms with Crippen molar-refractivity contribution in [2.75, 3.05) is 25.6 Å². The summed E-state index contributed by atoms with van der Waals surface area (Å²) in [7, 11) is 3.52. The van der Waals surface area contributed by atoms with Crippen LogP contribution in [0.25, 0.3) is 0 Å². The number of methoxy groups -OCH3 is 1. The van der Waals surface area contributed by atoms with E-state index in [1.807, 2.05) is 48.3 Å². The Morgan fingerprint density at radius 2 is 1.92 bits per heavy atom. The number of benzene rings is 2. The number of ether oxygens (including phenoxy) is 1. The zero-order chi connectivity index (χ0) is 25.8. The van der Waals surface area contributed by atoms with Gasteiger partial charge in [0, 0.05) is 55.7 Å². The van der Waals surface area contributed by atoms with E-state index in [0.29, 0.717) is 13.0 Å². The van der Waals surface area contributed by atoms with Crippen LogP contribution < -0.4 is 15.0 Å². The second-order valence-corrected chi connectivity index (χ2v) is 9.82. The minimum atomic E-state index is -0.0842. The van der Waals surface area contributed by atoms with Crippen molar-refractivity contribution in [1.29, 1.82) is 0 Å². The number of fused-ring (bicyclic) bond motifs is 1. The van der Waals surface area contributed by atoms with Gasteiger partial charge in [-0.1, -0.05) is 36.4 Å². The third-order valence-electron chi connectivity index (χ3n) is 7.53. The van der Waals surface area contributed by atoms with Crippen LogP contribution in [0.3, 0.4) is 0 Å². The molecule has 1 saturated heterocycles. The Morgan fingerprint density at radius 1 is 1.11 bits per heavy atom. The SMILES string of the molecule is COc1cc2c(cc1CN[C@H]1CCCN(C(=O)Cc3ccccn3)[C@H]1c1ccccc1)N(C)C(=O)CC2. The van der Waals surface area contributed by atoms with E-state index in [0.717, 1.165) is 59.6 Å². The van der Waals surface area contributed by atoms with Crippen molar-refractivity contribution in [3.63, 3.8) is 0 Å². The predicted octanol–water partition coefficient (Wildman–Crippen LogP) is 4.06. The van der Waals surface area contributed by atoms with Gasteiger partial charge in [0.05, 0.1) is 19.6 Å². The number of nitrogens with zero attached hydrogens (tertiary/aromatic N) is 3. The van der Waals surface area contributed by atoms with Gasteiger partial charge in [-0.15, -0.1) is 0 Å². The molecule has 0 saturated carbocycles. The van der Waals surface area contributed by atoms with Gasteiger partial charge < -0.3 is 19.9 Å². The molecule has 5 rings (SSSR count). The van der Waals surface area contributed by atoms with E-state index in [9.17, 15) is 9.59 Å². The molecular weight excluding hydrogens is 464 g/mol. The molecule has 37 heavy (non-hydrogen) atoms. The van der Waals surface area contributed by atoms with Crippen LogP contribution in [-0.2, 0) is 29.0 Å². The standard InChI is InChI=1S/C30H34N4O3/c1-33-26-17-23(27(37-2)18-22(26)13-14-28(33)35)20-32-25-12-8-16-34(30(25)21-9-4-3-5-10-21)29(36)19-24-11-6-7-15-31-24/h3-7,9-11,15,17-18,25,30,32H,8,12-14,16,19-20H2,1-2H3/t25-,30-/m0/s1. The van der Waals surface area contributed by atoms with Gasteiger partial charge in [-0.3, -0.25) is 14.6 Å². The molecule has 1 fully saturated rings. The largest absolute Gasteiger partial charge is 0.496 e. The van der Waals surface area contributed by atoms with Gasteiger partial charge in [0.2, 0.25) is 11.8 Å². The Bertz CT molecular complexity index is 1250. The third kappa shape index (κ3) is 5.37.